The molecular formula is C10H11NO. The van der Waals surface area contributed by atoms with Gasteiger partial charge in [0.25, 0.3) is 0 Å². The Morgan fingerprint density at radius 2 is 2.25 bits per heavy atom. The third kappa shape index (κ3) is 1.76. The molecule has 0 radical (unpaired) electrons. The van der Waals surface area contributed by atoms with Gasteiger partial charge in [0.15, 0.2) is 0 Å². The molecule has 0 saturated heterocycles. The predicted molar refractivity (Wildman–Crippen MR) is 47.1 cm³/mol. The van der Waals surface area contributed by atoms with Crippen LogP contribution in [0.1, 0.15) is 18.1 Å². The standard InChI is InChI=1S/C10H11NO/c1-3-12-10-5-4-9(7-11)6-8(10)2/h4-6H,3H2,1-2H3. The fourth-order valence-corrected chi connectivity index (χ4v) is 1.04. The van der Waals surface area contributed by atoms with Gasteiger partial charge in [0, 0.05) is 0 Å². The van der Waals surface area contributed by atoms with Crippen molar-refractivity contribution in [2.75, 3.05) is 6.61 Å². The van der Waals surface area contributed by atoms with Gasteiger partial charge in [-0.2, -0.15) is 5.26 Å². The van der Waals surface area contributed by atoms with E-state index in [-0.39, 0.29) is 0 Å². The number of nitrogens with zero attached hydrogens (tertiary/aromatic N) is 1. The highest BCUT2D eigenvalue weighted by atomic mass is 16.5. The zero-order valence-corrected chi connectivity index (χ0v) is 7.29. The van der Waals surface area contributed by atoms with E-state index in [1.54, 1.807) is 6.07 Å². The number of hydrogen-bond acceptors (Lipinski definition) is 2. The molecule has 0 aliphatic rings. The minimum atomic E-state index is 0.659. The maximum Gasteiger partial charge on any atom is 0.122 e. The van der Waals surface area contributed by atoms with E-state index < -0.39 is 0 Å². The molecule has 12 heavy (non-hydrogen) atoms. The second-order valence-corrected chi connectivity index (χ2v) is 2.53. The largest absolute Gasteiger partial charge is 0.494 e. The zero-order valence-electron chi connectivity index (χ0n) is 7.29. The van der Waals surface area contributed by atoms with Crippen molar-refractivity contribution in [1.29, 1.82) is 5.26 Å². The number of nitriles is 1. The molecule has 1 aromatic carbocycles. The maximum atomic E-state index is 8.59. The van der Waals surface area contributed by atoms with Crippen LogP contribution in [-0.2, 0) is 0 Å². The van der Waals surface area contributed by atoms with Crippen LogP contribution in [0.25, 0.3) is 0 Å². The van der Waals surface area contributed by atoms with E-state index in [2.05, 4.69) is 6.07 Å². The minimum Gasteiger partial charge on any atom is -0.494 e. The van der Waals surface area contributed by atoms with Gasteiger partial charge in [-0.15, -0.1) is 0 Å². The van der Waals surface area contributed by atoms with Crippen molar-refractivity contribution in [3.8, 4) is 11.8 Å². The summed E-state index contributed by atoms with van der Waals surface area (Å²) in [5.41, 5.74) is 1.69. The molecule has 0 aliphatic heterocycles. The molecule has 0 N–H and O–H groups in total. The molecule has 62 valence electrons. The molecule has 0 atom stereocenters. The zero-order chi connectivity index (χ0) is 8.97. The molecule has 2 nitrogen and oxygen atoms in total. The number of ether oxygens (including phenoxy) is 1. The van der Waals surface area contributed by atoms with Crippen molar-refractivity contribution in [1.82, 2.24) is 0 Å². The van der Waals surface area contributed by atoms with Gasteiger partial charge in [0.2, 0.25) is 0 Å². The third-order valence-electron chi connectivity index (χ3n) is 1.60. The van der Waals surface area contributed by atoms with Crippen molar-refractivity contribution in [2.24, 2.45) is 0 Å². The number of rotatable bonds is 2. The Balaban J connectivity index is 2.97. The van der Waals surface area contributed by atoms with Crippen LogP contribution < -0.4 is 4.74 Å². The first-order chi connectivity index (χ1) is 5.77. The Hall–Kier alpha value is -1.49. The van der Waals surface area contributed by atoms with Crippen LogP contribution in [0, 0.1) is 18.3 Å². The lowest BCUT2D eigenvalue weighted by molar-refractivity contribution is 0.338. The summed E-state index contributed by atoms with van der Waals surface area (Å²) >= 11 is 0. The second-order valence-electron chi connectivity index (χ2n) is 2.53. The SMILES string of the molecule is CCOc1ccc(C#N)cc1C. The fourth-order valence-electron chi connectivity index (χ4n) is 1.04. The minimum absolute atomic E-state index is 0.659. The molecule has 0 unspecified atom stereocenters. The Bertz CT molecular complexity index is 312. The number of aryl methyl sites for hydroxylation is 1. The van der Waals surface area contributed by atoms with Crippen LogP contribution in [-0.4, -0.2) is 6.61 Å². The van der Waals surface area contributed by atoms with Crippen LogP contribution in [0.5, 0.6) is 5.75 Å². The van der Waals surface area contributed by atoms with Gasteiger partial charge >= 0.3 is 0 Å². The average Bonchev–Trinajstić information content (AvgIpc) is 2.09. The molecule has 0 fully saturated rings. The van der Waals surface area contributed by atoms with E-state index in [0.29, 0.717) is 12.2 Å². The Kier molecular flexibility index (Phi) is 2.71. The van der Waals surface area contributed by atoms with E-state index in [0.717, 1.165) is 11.3 Å². The molecule has 0 aromatic heterocycles. The summed E-state index contributed by atoms with van der Waals surface area (Å²) in [6.07, 6.45) is 0. The quantitative estimate of drug-likeness (QED) is 0.666. The van der Waals surface area contributed by atoms with Crippen LogP contribution in [0.15, 0.2) is 18.2 Å². The van der Waals surface area contributed by atoms with Crippen molar-refractivity contribution >= 4 is 0 Å². The van der Waals surface area contributed by atoms with E-state index in [4.69, 9.17) is 10.00 Å². The van der Waals surface area contributed by atoms with Crippen LogP contribution in [0.4, 0.5) is 0 Å². The Labute approximate surface area is 72.4 Å². The summed E-state index contributed by atoms with van der Waals surface area (Å²) in [5.74, 6) is 0.858. The van der Waals surface area contributed by atoms with E-state index in [1.807, 2.05) is 26.0 Å². The summed E-state index contributed by atoms with van der Waals surface area (Å²) < 4.78 is 5.33. The van der Waals surface area contributed by atoms with Crippen molar-refractivity contribution in [2.45, 2.75) is 13.8 Å². The summed E-state index contributed by atoms with van der Waals surface area (Å²) in [6.45, 7) is 4.54. The number of benzene rings is 1. The lowest BCUT2D eigenvalue weighted by Gasteiger charge is -2.05. The predicted octanol–water partition coefficient (Wildman–Crippen LogP) is 2.27. The molecule has 0 spiro atoms. The van der Waals surface area contributed by atoms with Gasteiger partial charge in [0.05, 0.1) is 18.2 Å². The molecule has 0 heterocycles. The van der Waals surface area contributed by atoms with Crippen molar-refractivity contribution in [3.05, 3.63) is 29.3 Å². The summed E-state index contributed by atoms with van der Waals surface area (Å²) in [7, 11) is 0. The molecule has 0 aliphatic carbocycles. The molecule has 1 aromatic rings. The maximum absolute atomic E-state index is 8.59. The molecule has 2 heteroatoms. The van der Waals surface area contributed by atoms with Crippen LogP contribution in [0.3, 0.4) is 0 Å². The highest BCUT2D eigenvalue weighted by molar-refractivity contribution is 5.41. The normalized spacial score (nSPS) is 9.08. The molecule has 1 rings (SSSR count). The lowest BCUT2D eigenvalue weighted by atomic mass is 10.1. The van der Waals surface area contributed by atoms with Gasteiger partial charge in [-0.25, -0.2) is 0 Å². The first kappa shape index (κ1) is 8.61. The highest BCUT2D eigenvalue weighted by Gasteiger charge is 1.98. The molecule has 0 bridgehead atoms. The van der Waals surface area contributed by atoms with Gasteiger partial charge in [0.1, 0.15) is 5.75 Å². The van der Waals surface area contributed by atoms with Crippen LogP contribution >= 0.6 is 0 Å². The summed E-state index contributed by atoms with van der Waals surface area (Å²) in [5, 5.41) is 8.59. The summed E-state index contributed by atoms with van der Waals surface area (Å²) in [4.78, 5) is 0. The van der Waals surface area contributed by atoms with Gasteiger partial charge < -0.3 is 4.74 Å². The smallest absolute Gasteiger partial charge is 0.122 e. The van der Waals surface area contributed by atoms with Crippen LogP contribution in [0.2, 0.25) is 0 Å². The Morgan fingerprint density at radius 1 is 1.50 bits per heavy atom. The molecule has 0 amide bonds. The third-order valence-corrected chi connectivity index (χ3v) is 1.60. The summed E-state index contributed by atoms with van der Waals surface area (Å²) in [6, 6.07) is 7.50. The van der Waals surface area contributed by atoms with Crippen molar-refractivity contribution < 1.29 is 4.74 Å². The van der Waals surface area contributed by atoms with E-state index in [1.165, 1.54) is 0 Å². The Morgan fingerprint density at radius 3 is 2.75 bits per heavy atom. The first-order valence-corrected chi connectivity index (χ1v) is 3.91. The highest BCUT2D eigenvalue weighted by Crippen LogP contribution is 2.18. The average molecular weight is 161 g/mol. The fraction of sp³-hybridized carbons (Fsp3) is 0.300. The van der Waals surface area contributed by atoms with Crippen molar-refractivity contribution in [3.63, 3.8) is 0 Å². The molecule has 0 saturated carbocycles. The van der Waals surface area contributed by atoms with Gasteiger partial charge in [-0.3, -0.25) is 0 Å². The topological polar surface area (TPSA) is 33.0 Å². The van der Waals surface area contributed by atoms with Gasteiger partial charge in [-0.1, -0.05) is 0 Å². The molecular weight excluding hydrogens is 150 g/mol. The van der Waals surface area contributed by atoms with Gasteiger partial charge in [-0.05, 0) is 37.6 Å². The monoisotopic (exact) mass is 161 g/mol. The number of hydrogen-bond donors (Lipinski definition) is 0. The first-order valence-electron chi connectivity index (χ1n) is 3.91. The van der Waals surface area contributed by atoms with E-state index in [9.17, 15) is 0 Å². The second kappa shape index (κ2) is 3.77. The van der Waals surface area contributed by atoms with E-state index >= 15 is 0 Å². The lowest BCUT2D eigenvalue weighted by Crippen LogP contribution is -1.93.